The highest BCUT2D eigenvalue weighted by Gasteiger charge is 2.48. The predicted molar refractivity (Wildman–Crippen MR) is 215 cm³/mol. The maximum atomic E-state index is 13.9. The van der Waals surface area contributed by atoms with E-state index in [4.69, 9.17) is 10.5 Å². The fourth-order valence-electron chi connectivity index (χ4n) is 7.39. The number of amides is 2. The average molecular weight is 740 g/mol. The lowest BCUT2D eigenvalue weighted by Crippen LogP contribution is -2.69. The number of hydrogen-bond donors (Lipinski definition) is 5. The molecule has 0 aromatic heterocycles. The van der Waals surface area contributed by atoms with Crippen LogP contribution in [0.4, 0.5) is 0 Å². The minimum atomic E-state index is -1.43. The molecule has 9 nitrogen and oxygen atoms in total. The first kappa shape index (κ1) is 48.8. The summed E-state index contributed by atoms with van der Waals surface area (Å²) in [4.78, 5) is 28.6. The highest BCUT2D eigenvalue weighted by atomic mass is 16.5. The maximum absolute atomic E-state index is 13.9. The fourth-order valence-corrected chi connectivity index (χ4v) is 7.39. The molecule has 0 aromatic rings. The Labute approximate surface area is 320 Å². The summed E-state index contributed by atoms with van der Waals surface area (Å²) in [5.41, 5.74) is 6.13. The number of nitrogens with two attached hydrogens (primary N) is 1. The topological polar surface area (TPSA) is 145 Å². The largest absolute Gasteiger partial charge is 0.394 e. The van der Waals surface area contributed by atoms with Gasteiger partial charge in [-0.2, -0.15) is 0 Å². The number of nitrogens with zero attached hydrogens (tertiary/aromatic N) is 1. The summed E-state index contributed by atoms with van der Waals surface area (Å²) in [6.07, 6.45) is 28.7. The zero-order valence-electron chi connectivity index (χ0n) is 34.3. The van der Waals surface area contributed by atoms with E-state index >= 15 is 0 Å². The van der Waals surface area contributed by atoms with Gasteiger partial charge in [0, 0.05) is 13.0 Å². The van der Waals surface area contributed by atoms with Gasteiger partial charge >= 0.3 is 0 Å². The van der Waals surface area contributed by atoms with Crippen LogP contribution in [0.5, 0.6) is 0 Å². The van der Waals surface area contributed by atoms with Crippen LogP contribution >= 0.6 is 0 Å². The number of rotatable bonds is 34. The third-order valence-electron chi connectivity index (χ3n) is 11.1. The summed E-state index contributed by atoms with van der Waals surface area (Å²) in [5, 5.41) is 34.7. The lowest BCUT2D eigenvalue weighted by atomic mass is 9.94. The average Bonchev–Trinajstić information content (AvgIpc) is 3.13. The van der Waals surface area contributed by atoms with Crippen LogP contribution in [0.25, 0.3) is 0 Å². The Hall–Kier alpha value is -1.26. The van der Waals surface area contributed by atoms with E-state index in [1.54, 1.807) is 4.90 Å². The van der Waals surface area contributed by atoms with Gasteiger partial charge in [0.1, 0.15) is 24.4 Å². The van der Waals surface area contributed by atoms with E-state index in [0.29, 0.717) is 13.0 Å². The Morgan fingerprint density at radius 2 is 1.02 bits per heavy atom. The summed E-state index contributed by atoms with van der Waals surface area (Å²) in [6.45, 7) is 8.10. The Morgan fingerprint density at radius 1 is 0.635 bits per heavy atom. The van der Waals surface area contributed by atoms with Crippen LogP contribution in [0.3, 0.4) is 0 Å². The standard InChI is InChI=1S/C43H85N3O6/c1-5-7-9-11-13-15-17-19-20-21-22-24-26-28-30-32-37(48)46(33-31-29-27-25-23-18-16-14-12-10-8-6-2)43-39(45-42(51)38(44)35(3)4)41(50)40(49)36(34-47)52-43/h35-36,38-41,43,47,49-50H,5-34,44H2,1-4H3,(H,45,51)/t36-,38+,39-,40-,41-,43-/m1/s1. The summed E-state index contributed by atoms with van der Waals surface area (Å²) in [5.74, 6) is -0.697. The van der Waals surface area contributed by atoms with Crippen molar-refractivity contribution in [2.75, 3.05) is 13.2 Å². The van der Waals surface area contributed by atoms with Gasteiger partial charge in [0.05, 0.1) is 12.6 Å². The smallest absolute Gasteiger partial charge is 0.237 e. The molecule has 0 radical (unpaired) electrons. The predicted octanol–water partition coefficient (Wildman–Crippen LogP) is 8.68. The first-order valence-corrected chi connectivity index (χ1v) is 22.2. The number of nitrogens with one attached hydrogen (secondary N) is 1. The second-order valence-corrected chi connectivity index (χ2v) is 16.2. The highest BCUT2D eigenvalue weighted by Crippen LogP contribution is 2.26. The third kappa shape index (κ3) is 21.6. The van der Waals surface area contributed by atoms with E-state index in [2.05, 4.69) is 19.2 Å². The van der Waals surface area contributed by atoms with Crippen molar-refractivity contribution in [1.29, 1.82) is 0 Å². The molecule has 1 aliphatic heterocycles. The first-order chi connectivity index (χ1) is 25.2. The van der Waals surface area contributed by atoms with Crippen LogP contribution < -0.4 is 11.1 Å². The van der Waals surface area contributed by atoms with E-state index in [0.717, 1.165) is 38.5 Å². The molecule has 1 fully saturated rings. The molecule has 0 spiro atoms. The third-order valence-corrected chi connectivity index (χ3v) is 11.1. The van der Waals surface area contributed by atoms with Crippen molar-refractivity contribution in [3.05, 3.63) is 0 Å². The molecule has 1 aliphatic rings. The van der Waals surface area contributed by atoms with Crippen LogP contribution in [0.15, 0.2) is 0 Å². The lowest BCUT2D eigenvalue weighted by Gasteiger charge is -2.47. The molecule has 0 unspecified atom stereocenters. The van der Waals surface area contributed by atoms with Gasteiger partial charge in [-0.25, -0.2) is 0 Å². The molecule has 0 aromatic carbocycles. The lowest BCUT2D eigenvalue weighted by molar-refractivity contribution is -0.231. The molecule has 0 saturated carbocycles. The molecule has 0 aliphatic carbocycles. The minimum Gasteiger partial charge on any atom is -0.394 e. The second kappa shape index (κ2) is 32.0. The van der Waals surface area contributed by atoms with Gasteiger partial charge in [-0.3, -0.25) is 9.59 Å². The van der Waals surface area contributed by atoms with Crippen molar-refractivity contribution in [1.82, 2.24) is 10.2 Å². The summed E-state index contributed by atoms with van der Waals surface area (Å²) in [7, 11) is 0. The van der Waals surface area contributed by atoms with E-state index < -0.39 is 49.1 Å². The number of aliphatic hydroxyl groups is 3. The van der Waals surface area contributed by atoms with Crippen LogP contribution in [-0.4, -0.2) is 81.8 Å². The van der Waals surface area contributed by atoms with Gasteiger partial charge in [-0.05, 0) is 18.8 Å². The van der Waals surface area contributed by atoms with Crippen LogP contribution in [-0.2, 0) is 14.3 Å². The van der Waals surface area contributed by atoms with E-state index in [1.807, 2.05) is 13.8 Å². The normalized spacial score (nSPS) is 21.1. The van der Waals surface area contributed by atoms with Crippen LogP contribution in [0, 0.1) is 5.92 Å². The Morgan fingerprint density at radius 3 is 1.40 bits per heavy atom. The number of carbonyl (C=O) groups excluding carboxylic acids is 2. The molecule has 6 N–H and O–H groups in total. The molecule has 308 valence electrons. The number of unbranched alkanes of at least 4 members (excludes halogenated alkanes) is 25. The molecular weight excluding hydrogens is 654 g/mol. The van der Waals surface area contributed by atoms with Gasteiger partial charge in [0.2, 0.25) is 11.8 Å². The summed E-state index contributed by atoms with van der Waals surface area (Å²) in [6, 6.07) is -1.89. The van der Waals surface area contributed by atoms with Crippen molar-refractivity contribution in [2.24, 2.45) is 11.7 Å². The molecule has 0 bridgehead atoms. The minimum absolute atomic E-state index is 0.0875. The van der Waals surface area contributed by atoms with Gasteiger partial charge in [0.15, 0.2) is 6.23 Å². The van der Waals surface area contributed by atoms with Crippen molar-refractivity contribution >= 4 is 11.8 Å². The molecule has 1 saturated heterocycles. The highest BCUT2D eigenvalue weighted by molar-refractivity contribution is 5.82. The Balaban J connectivity index is 2.67. The fraction of sp³-hybridized carbons (Fsp3) is 0.953. The molecule has 9 heteroatoms. The van der Waals surface area contributed by atoms with E-state index in [1.165, 1.54) is 135 Å². The van der Waals surface area contributed by atoms with Crippen LogP contribution in [0.2, 0.25) is 0 Å². The molecule has 1 heterocycles. The van der Waals surface area contributed by atoms with E-state index in [9.17, 15) is 24.9 Å². The molecule has 6 atom stereocenters. The number of hydrogen-bond acceptors (Lipinski definition) is 7. The summed E-state index contributed by atoms with van der Waals surface area (Å²) < 4.78 is 6.13. The second-order valence-electron chi connectivity index (χ2n) is 16.2. The van der Waals surface area contributed by atoms with Crippen molar-refractivity contribution in [2.45, 2.75) is 244 Å². The number of ether oxygens (including phenoxy) is 1. The van der Waals surface area contributed by atoms with Gasteiger partial charge in [-0.1, -0.05) is 188 Å². The number of aliphatic hydroxyl groups excluding tert-OH is 3. The zero-order valence-corrected chi connectivity index (χ0v) is 34.3. The van der Waals surface area contributed by atoms with Crippen molar-refractivity contribution in [3.8, 4) is 0 Å². The monoisotopic (exact) mass is 740 g/mol. The Bertz CT molecular complexity index is 861. The van der Waals surface area contributed by atoms with Crippen LogP contribution in [0.1, 0.15) is 207 Å². The zero-order chi connectivity index (χ0) is 38.4. The van der Waals surface area contributed by atoms with Crippen molar-refractivity contribution < 1.29 is 29.6 Å². The van der Waals surface area contributed by atoms with Gasteiger partial charge < -0.3 is 36.0 Å². The SMILES string of the molecule is CCCCCCCCCCCCCCCCCC(=O)N(CCCCCCCCCCCCCC)[C@@H]1O[C@H](CO)[C@@H](O)[C@H](O)[C@H]1NC(=O)[C@@H](N)C(C)C. The molecule has 52 heavy (non-hydrogen) atoms. The number of carbonyl (C=O) groups is 2. The first-order valence-electron chi connectivity index (χ1n) is 22.2. The van der Waals surface area contributed by atoms with Crippen molar-refractivity contribution in [3.63, 3.8) is 0 Å². The van der Waals surface area contributed by atoms with Gasteiger partial charge in [-0.15, -0.1) is 0 Å². The summed E-state index contributed by atoms with van der Waals surface area (Å²) >= 11 is 0. The molecular formula is C43H85N3O6. The quantitative estimate of drug-likeness (QED) is 0.0415. The van der Waals surface area contributed by atoms with Gasteiger partial charge in [0.25, 0.3) is 0 Å². The van der Waals surface area contributed by atoms with E-state index in [-0.39, 0.29) is 11.8 Å². The maximum Gasteiger partial charge on any atom is 0.237 e. The molecule has 2 amide bonds. The Kier molecular flexibility index (Phi) is 30.0. The molecule has 1 rings (SSSR count).